The molecule has 0 bridgehead atoms. The van der Waals surface area contributed by atoms with Crippen LogP contribution in [0.4, 0.5) is 0 Å². The van der Waals surface area contributed by atoms with Crippen molar-refractivity contribution in [3.05, 3.63) is 24.4 Å². The highest BCUT2D eigenvalue weighted by Gasteiger charge is 2.28. The van der Waals surface area contributed by atoms with Crippen LogP contribution < -0.4 is 0 Å². The van der Waals surface area contributed by atoms with Crippen molar-refractivity contribution in [2.75, 3.05) is 7.05 Å². The first-order valence-electron chi connectivity index (χ1n) is 4.71. The molecule has 0 aromatic heterocycles. The maximum atomic E-state index is 6.06. The summed E-state index contributed by atoms with van der Waals surface area (Å²) in [5.74, 6) is 0. The maximum Gasteiger partial charge on any atom is 0.125 e. The molecule has 0 saturated heterocycles. The van der Waals surface area contributed by atoms with E-state index >= 15 is 0 Å². The fraction of sp³-hybridized carbons (Fsp3) is 0.600. The molecule has 1 aliphatic rings. The SMILES string of the molecule is C=CCC1=CC(Cl)N(C)N1OC(C)C. The zero-order valence-electron chi connectivity index (χ0n) is 8.90. The van der Waals surface area contributed by atoms with Crippen molar-refractivity contribution in [1.29, 1.82) is 0 Å². The number of hydrazine groups is 1. The lowest BCUT2D eigenvalue weighted by Gasteiger charge is -2.30. The number of likely N-dealkylation sites (N-methyl/N-ethyl adjacent to an activating group) is 1. The minimum atomic E-state index is -0.135. The Morgan fingerprint density at radius 1 is 1.71 bits per heavy atom. The van der Waals surface area contributed by atoms with Gasteiger partial charge in [0.15, 0.2) is 0 Å². The second-order valence-corrected chi connectivity index (χ2v) is 3.97. The lowest BCUT2D eigenvalue weighted by atomic mass is 10.3. The summed E-state index contributed by atoms with van der Waals surface area (Å²) in [7, 11) is 1.90. The van der Waals surface area contributed by atoms with Crippen molar-refractivity contribution < 1.29 is 4.84 Å². The molecule has 1 heterocycles. The van der Waals surface area contributed by atoms with E-state index in [0.29, 0.717) is 0 Å². The molecule has 1 aliphatic heterocycles. The average molecular weight is 217 g/mol. The van der Waals surface area contributed by atoms with Crippen LogP contribution in [0, 0.1) is 0 Å². The van der Waals surface area contributed by atoms with Gasteiger partial charge in [-0.2, -0.15) is 10.2 Å². The van der Waals surface area contributed by atoms with Gasteiger partial charge in [-0.05, 0) is 19.9 Å². The Labute approximate surface area is 90.5 Å². The van der Waals surface area contributed by atoms with Gasteiger partial charge in [0, 0.05) is 13.5 Å². The first-order chi connectivity index (χ1) is 6.56. The average Bonchev–Trinajstić information content (AvgIpc) is 2.33. The number of halogens is 1. The first kappa shape index (κ1) is 11.6. The number of alkyl halides is 1. The molecule has 0 spiro atoms. The normalized spacial score (nSPS) is 23.1. The highest BCUT2D eigenvalue weighted by molar-refractivity contribution is 6.21. The summed E-state index contributed by atoms with van der Waals surface area (Å²) >= 11 is 6.06. The molecule has 3 nitrogen and oxygen atoms in total. The summed E-state index contributed by atoms with van der Waals surface area (Å²) in [6.07, 6.45) is 4.70. The zero-order valence-corrected chi connectivity index (χ0v) is 9.66. The third-order valence-corrected chi connectivity index (χ3v) is 2.29. The van der Waals surface area contributed by atoms with E-state index in [-0.39, 0.29) is 11.6 Å². The molecule has 0 fully saturated rings. The Bertz CT molecular complexity index is 240. The molecule has 4 heteroatoms. The van der Waals surface area contributed by atoms with E-state index in [1.807, 2.05) is 38.1 Å². The second-order valence-electron chi connectivity index (χ2n) is 3.52. The summed E-state index contributed by atoms with van der Waals surface area (Å²) in [6.45, 7) is 7.68. The van der Waals surface area contributed by atoms with Gasteiger partial charge in [-0.15, -0.1) is 6.58 Å². The Balaban J connectivity index is 2.69. The van der Waals surface area contributed by atoms with Crippen LogP contribution >= 0.6 is 11.6 Å². The number of hydrogen-bond donors (Lipinski definition) is 0. The molecule has 0 aromatic rings. The standard InChI is InChI=1S/C10H17ClN2O/c1-5-6-9-7-10(11)12(4)13(9)14-8(2)3/h5,7-8,10H,1,6H2,2-4H3. The highest BCUT2D eigenvalue weighted by Crippen LogP contribution is 2.26. The van der Waals surface area contributed by atoms with Crippen molar-refractivity contribution >= 4 is 11.6 Å². The lowest BCUT2D eigenvalue weighted by molar-refractivity contribution is -0.263. The van der Waals surface area contributed by atoms with Gasteiger partial charge in [0.2, 0.25) is 0 Å². The van der Waals surface area contributed by atoms with Gasteiger partial charge in [0.1, 0.15) is 5.50 Å². The molecule has 0 saturated carbocycles. The van der Waals surface area contributed by atoms with E-state index in [2.05, 4.69) is 6.58 Å². The van der Waals surface area contributed by atoms with Crippen LogP contribution in [-0.4, -0.2) is 28.8 Å². The number of allylic oxidation sites excluding steroid dienone is 1. The molecular weight excluding hydrogens is 200 g/mol. The number of hydroxylamine groups is 1. The van der Waals surface area contributed by atoms with Gasteiger partial charge in [0.25, 0.3) is 0 Å². The first-order valence-corrected chi connectivity index (χ1v) is 5.15. The summed E-state index contributed by atoms with van der Waals surface area (Å²) in [5, 5.41) is 3.59. The van der Waals surface area contributed by atoms with Crippen LogP contribution in [0.25, 0.3) is 0 Å². The molecular formula is C10H17ClN2O. The van der Waals surface area contributed by atoms with E-state index in [0.717, 1.165) is 12.1 Å². The van der Waals surface area contributed by atoms with Gasteiger partial charge in [-0.25, -0.2) is 0 Å². The van der Waals surface area contributed by atoms with Crippen molar-refractivity contribution in [3.63, 3.8) is 0 Å². The number of rotatable bonds is 4. The quantitative estimate of drug-likeness (QED) is 0.408. The Morgan fingerprint density at radius 3 is 2.86 bits per heavy atom. The van der Waals surface area contributed by atoms with Crippen LogP contribution in [0.3, 0.4) is 0 Å². The molecule has 0 amide bonds. The van der Waals surface area contributed by atoms with Gasteiger partial charge < -0.3 is 0 Å². The fourth-order valence-electron chi connectivity index (χ4n) is 1.27. The fourth-order valence-corrected chi connectivity index (χ4v) is 1.49. The number of hydrogen-bond acceptors (Lipinski definition) is 3. The Morgan fingerprint density at radius 2 is 2.36 bits per heavy atom. The Hall–Kier alpha value is -0.510. The van der Waals surface area contributed by atoms with Crippen LogP contribution in [0.2, 0.25) is 0 Å². The third-order valence-electron chi connectivity index (χ3n) is 1.88. The highest BCUT2D eigenvalue weighted by atomic mass is 35.5. The topological polar surface area (TPSA) is 15.7 Å². The molecule has 1 unspecified atom stereocenters. The van der Waals surface area contributed by atoms with Gasteiger partial charge in [-0.3, -0.25) is 4.84 Å². The van der Waals surface area contributed by atoms with Crippen molar-refractivity contribution in [2.24, 2.45) is 0 Å². The molecule has 0 aromatic carbocycles. The largest absolute Gasteiger partial charge is 0.255 e. The number of nitrogens with zero attached hydrogens (tertiary/aromatic N) is 2. The van der Waals surface area contributed by atoms with E-state index in [1.54, 1.807) is 5.17 Å². The minimum absolute atomic E-state index is 0.132. The molecule has 0 radical (unpaired) electrons. The van der Waals surface area contributed by atoms with Crippen LogP contribution in [0.1, 0.15) is 20.3 Å². The van der Waals surface area contributed by atoms with Gasteiger partial charge in [-0.1, -0.05) is 17.7 Å². The molecule has 1 rings (SSSR count). The van der Waals surface area contributed by atoms with E-state index in [9.17, 15) is 0 Å². The van der Waals surface area contributed by atoms with Crippen LogP contribution in [0.15, 0.2) is 24.4 Å². The van der Waals surface area contributed by atoms with Crippen LogP contribution in [-0.2, 0) is 4.84 Å². The predicted molar refractivity (Wildman–Crippen MR) is 58.4 cm³/mol. The molecule has 0 N–H and O–H groups in total. The van der Waals surface area contributed by atoms with Crippen molar-refractivity contribution in [1.82, 2.24) is 10.2 Å². The van der Waals surface area contributed by atoms with Crippen molar-refractivity contribution in [3.8, 4) is 0 Å². The van der Waals surface area contributed by atoms with Gasteiger partial charge in [0.05, 0.1) is 11.8 Å². The smallest absolute Gasteiger partial charge is 0.125 e. The minimum Gasteiger partial charge on any atom is -0.255 e. The molecule has 0 aliphatic carbocycles. The van der Waals surface area contributed by atoms with E-state index < -0.39 is 0 Å². The summed E-state index contributed by atoms with van der Waals surface area (Å²) in [6, 6.07) is 0. The second kappa shape index (κ2) is 4.82. The van der Waals surface area contributed by atoms with E-state index in [1.165, 1.54) is 0 Å². The maximum absolute atomic E-state index is 6.06. The van der Waals surface area contributed by atoms with Crippen LogP contribution in [0.5, 0.6) is 0 Å². The summed E-state index contributed by atoms with van der Waals surface area (Å²) in [5.41, 5.74) is 0.903. The summed E-state index contributed by atoms with van der Waals surface area (Å²) in [4.78, 5) is 5.62. The molecule has 80 valence electrons. The van der Waals surface area contributed by atoms with Crippen molar-refractivity contribution in [2.45, 2.75) is 31.9 Å². The zero-order chi connectivity index (χ0) is 10.7. The Kier molecular flexibility index (Phi) is 3.98. The van der Waals surface area contributed by atoms with Gasteiger partial charge >= 0.3 is 0 Å². The van der Waals surface area contributed by atoms with E-state index in [4.69, 9.17) is 16.4 Å². The molecule has 14 heavy (non-hydrogen) atoms. The predicted octanol–water partition coefficient (Wildman–Crippen LogP) is 2.51. The molecule has 1 atom stereocenters. The summed E-state index contributed by atoms with van der Waals surface area (Å²) < 4.78 is 0. The monoisotopic (exact) mass is 216 g/mol. The third kappa shape index (κ3) is 2.50. The lowest BCUT2D eigenvalue weighted by Crippen LogP contribution is -2.38.